The Bertz CT molecular complexity index is 938. The maximum Gasteiger partial charge on any atom is 0.210 e. The summed E-state index contributed by atoms with van der Waals surface area (Å²) in [5.74, 6) is 1.26. The third kappa shape index (κ3) is 3.21. The molecule has 3 aliphatic rings. The van der Waals surface area contributed by atoms with Crippen molar-refractivity contribution in [2.75, 3.05) is 6.54 Å². The van der Waals surface area contributed by atoms with Crippen LogP contribution < -0.4 is 5.32 Å². The molecule has 0 spiro atoms. The number of aromatic nitrogens is 1. The number of hydrogen-bond acceptors (Lipinski definition) is 5. The van der Waals surface area contributed by atoms with Gasteiger partial charge in [-0.05, 0) is 24.5 Å². The molecule has 1 aromatic heterocycles. The van der Waals surface area contributed by atoms with E-state index in [1.807, 2.05) is 24.3 Å². The molecular weight excluding hydrogens is 336 g/mol. The van der Waals surface area contributed by atoms with Gasteiger partial charge in [0.1, 0.15) is 11.5 Å². The standard InChI is InChI=1S/C22H22N4O/c1-3-15-9-14(2)12-25-21(15)26-22-7-6-16(10-18(22)11-22)20(27)19(23)17-5-4-8-24-13-17/h3-10,13-14,18,23H,1,11-12H2,2H3,(H,25,26). The Balaban J connectivity index is 1.47. The number of pyridine rings is 1. The van der Waals surface area contributed by atoms with E-state index < -0.39 is 0 Å². The number of carbonyl (C=O) groups is 1. The van der Waals surface area contributed by atoms with Crippen molar-refractivity contribution in [3.05, 3.63) is 78.2 Å². The number of nitrogens with one attached hydrogen (secondary N) is 2. The highest BCUT2D eigenvalue weighted by Gasteiger charge is 2.53. The summed E-state index contributed by atoms with van der Waals surface area (Å²) in [6, 6.07) is 3.46. The molecule has 0 bridgehead atoms. The molecule has 2 N–H and O–H groups in total. The minimum atomic E-state index is -0.268. The molecule has 5 heteroatoms. The van der Waals surface area contributed by atoms with Gasteiger partial charge >= 0.3 is 0 Å². The van der Waals surface area contributed by atoms with Crippen LogP contribution in [0.3, 0.4) is 0 Å². The lowest BCUT2D eigenvalue weighted by Gasteiger charge is -2.24. The minimum absolute atomic E-state index is 0.0253. The monoisotopic (exact) mass is 358 g/mol. The molecule has 136 valence electrons. The molecule has 2 heterocycles. The fraction of sp³-hybridized carbons (Fsp3) is 0.273. The highest BCUT2D eigenvalue weighted by molar-refractivity contribution is 6.50. The number of aliphatic imine (C=N–C) groups is 1. The third-order valence-corrected chi connectivity index (χ3v) is 5.29. The van der Waals surface area contributed by atoms with Crippen LogP contribution in [0, 0.1) is 17.2 Å². The normalized spacial score (nSPS) is 28.3. The smallest absolute Gasteiger partial charge is 0.210 e. The zero-order valence-corrected chi connectivity index (χ0v) is 15.3. The lowest BCUT2D eigenvalue weighted by atomic mass is 9.95. The van der Waals surface area contributed by atoms with Crippen molar-refractivity contribution in [1.29, 1.82) is 5.41 Å². The minimum Gasteiger partial charge on any atom is -0.360 e. The van der Waals surface area contributed by atoms with E-state index >= 15 is 0 Å². The molecule has 0 aromatic carbocycles. The van der Waals surface area contributed by atoms with Crippen LogP contribution in [0.4, 0.5) is 0 Å². The topological polar surface area (TPSA) is 78.2 Å². The SMILES string of the molecule is C=CC1=CC(C)CN=C1NC12C=CC(C(=O)C(=N)c3cccnc3)=CC1C2. The molecule has 5 nitrogen and oxygen atoms in total. The lowest BCUT2D eigenvalue weighted by molar-refractivity contribution is -0.109. The first kappa shape index (κ1) is 17.3. The van der Waals surface area contributed by atoms with Gasteiger partial charge in [0.2, 0.25) is 5.78 Å². The van der Waals surface area contributed by atoms with Crippen molar-refractivity contribution in [2.24, 2.45) is 16.8 Å². The van der Waals surface area contributed by atoms with E-state index in [0.29, 0.717) is 17.1 Å². The average molecular weight is 358 g/mol. The number of nitrogens with zero attached hydrogens (tertiary/aromatic N) is 2. The van der Waals surface area contributed by atoms with E-state index in [1.165, 1.54) is 0 Å². The van der Waals surface area contributed by atoms with Gasteiger partial charge in [-0.2, -0.15) is 0 Å². The summed E-state index contributed by atoms with van der Waals surface area (Å²) in [6.45, 7) is 6.80. The molecule has 0 radical (unpaired) electrons. The summed E-state index contributed by atoms with van der Waals surface area (Å²) in [4.78, 5) is 21.3. The molecule has 4 rings (SSSR count). The van der Waals surface area contributed by atoms with Crippen LogP contribution in [-0.4, -0.2) is 34.4 Å². The highest BCUT2D eigenvalue weighted by Crippen LogP contribution is 2.49. The van der Waals surface area contributed by atoms with Gasteiger partial charge in [-0.15, -0.1) is 0 Å². The summed E-state index contributed by atoms with van der Waals surface area (Å²) in [6.07, 6.45) is 14.0. The summed E-state index contributed by atoms with van der Waals surface area (Å²) in [5, 5.41) is 11.7. The summed E-state index contributed by atoms with van der Waals surface area (Å²) < 4.78 is 0. The number of dihydropyridines is 1. The van der Waals surface area contributed by atoms with Crippen molar-refractivity contribution in [2.45, 2.75) is 18.9 Å². The number of hydrogen-bond donors (Lipinski definition) is 2. The molecule has 0 amide bonds. The van der Waals surface area contributed by atoms with Crippen molar-refractivity contribution in [3.8, 4) is 0 Å². The molecule has 27 heavy (non-hydrogen) atoms. The van der Waals surface area contributed by atoms with Crippen LogP contribution in [0.15, 0.2) is 77.6 Å². The first-order valence-electron chi connectivity index (χ1n) is 9.14. The zero-order chi connectivity index (χ0) is 19.0. The van der Waals surface area contributed by atoms with Crippen molar-refractivity contribution < 1.29 is 4.79 Å². The van der Waals surface area contributed by atoms with Crippen LogP contribution in [0.5, 0.6) is 0 Å². The number of allylic oxidation sites excluding steroid dienone is 2. The Morgan fingerprint density at radius 3 is 3.00 bits per heavy atom. The van der Waals surface area contributed by atoms with Gasteiger partial charge in [0.25, 0.3) is 0 Å². The number of carbonyl (C=O) groups excluding carboxylic acids is 1. The summed E-state index contributed by atoms with van der Waals surface area (Å²) in [5.41, 5.74) is 1.94. The first-order chi connectivity index (χ1) is 13.0. The molecular formula is C22H22N4O. The van der Waals surface area contributed by atoms with E-state index in [4.69, 9.17) is 5.41 Å². The van der Waals surface area contributed by atoms with E-state index in [2.05, 4.69) is 34.9 Å². The molecule has 1 aliphatic heterocycles. The summed E-state index contributed by atoms with van der Waals surface area (Å²) >= 11 is 0. The number of ketones is 1. The third-order valence-electron chi connectivity index (χ3n) is 5.29. The maximum atomic E-state index is 12.7. The molecule has 2 aliphatic carbocycles. The van der Waals surface area contributed by atoms with Crippen LogP contribution in [0.1, 0.15) is 18.9 Å². The Kier molecular flexibility index (Phi) is 4.22. The Morgan fingerprint density at radius 2 is 2.30 bits per heavy atom. The quantitative estimate of drug-likeness (QED) is 0.794. The van der Waals surface area contributed by atoms with Crippen LogP contribution >= 0.6 is 0 Å². The van der Waals surface area contributed by atoms with Crippen molar-refractivity contribution in [3.63, 3.8) is 0 Å². The summed E-state index contributed by atoms with van der Waals surface area (Å²) in [7, 11) is 0. The van der Waals surface area contributed by atoms with Gasteiger partial charge < -0.3 is 5.32 Å². The van der Waals surface area contributed by atoms with E-state index in [0.717, 1.165) is 24.4 Å². The van der Waals surface area contributed by atoms with Gasteiger partial charge in [0.15, 0.2) is 0 Å². The maximum absolute atomic E-state index is 12.7. The van der Waals surface area contributed by atoms with Gasteiger partial charge in [-0.1, -0.05) is 43.9 Å². The van der Waals surface area contributed by atoms with E-state index in [-0.39, 0.29) is 23.0 Å². The zero-order valence-electron chi connectivity index (χ0n) is 15.3. The molecule has 3 atom stereocenters. The Hall–Kier alpha value is -3.08. The van der Waals surface area contributed by atoms with E-state index in [9.17, 15) is 4.79 Å². The average Bonchev–Trinajstić information content (AvgIpc) is 3.42. The van der Waals surface area contributed by atoms with Gasteiger partial charge in [-0.25, -0.2) is 0 Å². The Morgan fingerprint density at radius 1 is 1.44 bits per heavy atom. The largest absolute Gasteiger partial charge is 0.360 e. The first-order valence-corrected chi connectivity index (χ1v) is 9.14. The van der Waals surface area contributed by atoms with Crippen molar-refractivity contribution in [1.82, 2.24) is 10.3 Å². The van der Waals surface area contributed by atoms with Gasteiger partial charge in [-0.3, -0.25) is 20.2 Å². The number of fused-ring (bicyclic) bond motifs is 1. The predicted molar refractivity (Wildman–Crippen MR) is 107 cm³/mol. The molecule has 0 saturated heterocycles. The fourth-order valence-electron chi connectivity index (χ4n) is 3.60. The molecule has 1 fully saturated rings. The van der Waals surface area contributed by atoms with Gasteiger partial charge in [0, 0.05) is 41.6 Å². The molecule has 1 aromatic rings. The number of amidine groups is 1. The number of rotatable bonds is 5. The number of Topliss-reactive ketones (excluding diaryl/α,β-unsaturated/α-hetero) is 1. The Labute approximate surface area is 158 Å². The highest BCUT2D eigenvalue weighted by atomic mass is 16.1. The van der Waals surface area contributed by atoms with E-state index in [1.54, 1.807) is 24.5 Å². The van der Waals surface area contributed by atoms with Crippen LogP contribution in [-0.2, 0) is 4.79 Å². The molecule has 3 unspecified atom stereocenters. The fourth-order valence-corrected chi connectivity index (χ4v) is 3.60. The molecule has 1 saturated carbocycles. The van der Waals surface area contributed by atoms with Crippen LogP contribution in [0.25, 0.3) is 0 Å². The van der Waals surface area contributed by atoms with Crippen molar-refractivity contribution >= 4 is 17.3 Å². The predicted octanol–water partition coefficient (Wildman–Crippen LogP) is 3.02. The van der Waals surface area contributed by atoms with Gasteiger partial charge in [0.05, 0.1) is 5.54 Å². The second-order valence-corrected chi connectivity index (χ2v) is 7.37. The second kappa shape index (κ2) is 6.58. The second-order valence-electron chi connectivity index (χ2n) is 7.37. The lowest BCUT2D eigenvalue weighted by Crippen LogP contribution is -2.40. The van der Waals surface area contributed by atoms with Crippen LogP contribution in [0.2, 0.25) is 0 Å².